The quantitative estimate of drug-likeness (QED) is 0.535. The van der Waals surface area contributed by atoms with Crippen LogP contribution < -0.4 is 4.74 Å². The molecule has 0 saturated heterocycles. The molecule has 0 atom stereocenters. The maximum atomic E-state index is 6.13. The topological polar surface area (TPSA) is 9.23 Å². The second-order valence-corrected chi connectivity index (χ2v) is 6.11. The fourth-order valence-electron chi connectivity index (χ4n) is 3.15. The second-order valence-electron chi connectivity index (χ2n) is 6.11. The monoisotopic (exact) mass is 293 g/mol. The summed E-state index contributed by atoms with van der Waals surface area (Å²) in [5, 5.41) is 0. The van der Waals surface area contributed by atoms with Crippen molar-refractivity contribution in [1.82, 2.24) is 0 Å². The van der Waals surface area contributed by atoms with E-state index in [4.69, 9.17) is 4.74 Å². The smallest absolute Gasteiger partial charge is 0.131 e. The number of hydrogen-bond donors (Lipinski definition) is 0. The minimum absolute atomic E-state index is 0.970. The number of aryl methyl sites for hydroxylation is 1. The number of ether oxygens (including phenoxy) is 1. The molecule has 22 heavy (non-hydrogen) atoms. The summed E-state index contributed by atoms with van der Waals surface area (Å²) in [6.45, 7) is 4.52. The molecule has 2 aromatic rings. The molecule has 1 aliphatic rings. The Bertz CT molecular complexity index is 642. The molecule has 1 aliphatic heterocycles. The first-order valence-electron chi connectivity index (χ1n) is 8.59. The van der Waals surface area contributed by atoms with Crippen LogP contribution in [0.4, 0.5) is 0 Å². The highest BCUT2D eigenvalue weighted by atomic mass is 16.5. The molecule has 0 N–H and O–H groups in total. The standard InChI is InChI=1S/C21H25O/c1-3-5-9-16-13-14-21-19(18(16)11-6-4-2)15-17-10-7-8-12-20(17)22-21/h7-8,10,12-15H,3-6,9,11H2,1-2H3. The van der Waals surface area contributed by atoms with E-state index in [1.807, 2.05) is 12.1 Å². The van der Waals surface area contributed by atoms with Gasteiger partial charge in [-0.25, -0.2) is 0 Å². The van der Waals surface area contributed by atoms with Gasteiger partial charge in [-0.15, -0.1) is 0 Å². The summed E-state index contributed by atoms with van der Waals surface area (Å²) in [5.74, 6) is 1.99. The highest BCUT2D eigenvalue weighted by Crippen LogP contribution is 2.40. The van der Waals surface area contributed by atoms with E-state index in [2.05, 4.69) is 44.5 Å². The molecule has 1 nitrogen and oxygen atoms in total. The Labute approximate surface area is 134 Å². The molecule has 1 radical (unpaired) electrons. The van der Waals surface area contributed by atoms with E-state index in [1.54, 1.807) is 0 Å². The first-order chi connectivity index (χ1) is 10.8. The lowest BCUT2D eigenvalue weighted by Gasteiger charge is -2.24. The molecule has 0 spiro atoms. The molecule has 0 aliphatic carbocycles. The number of rotatable bonds is 6. The molecule has 1 heteroatoms. The Balaban J connectivity index is 1.98. The Morgan fingerprint density at radius 3 is 2.41 bits per heavy atom. The van der Waals surface area contributed by atoms with Crippen molar-refractivity contribution < 1.29 is 4.74 Å². The summed E-state index contributed by atoms with van der Waals surface area (Å²) in [6.07, 6.45) is 9.62. The van der Waals surface area contributed by atoms with Crippen molar-refractivity contribution in [3.8, 4) is 11.5 Å². The summed E-state index contributed by atoms with van der Waals surface area (Å²) in [4.78, 5) is 0. The van der Waals surface area contributed by atoms with Crippen molar-refractivity contribution in [2.24, 2.45) is 0 Å². The Hall–Kier alpha value is -1.76. The van der Waals surface area contributed by atoms with Crippen LogP contribution in [0.15, 0.2) is 36.4 Å². The van der Waals surface area contributed by atoms with Crippen LogP contribution in [0.5, 0.6) is 11.5 Å². The fourth-order valence-corrected chi connectivity index (χ4v) is 3.15. The predicted molar refractivity (Wildman–Crippen MR) is 92.7 cm³/mol. The molecular weight excluding hydrogens is 268 g/mol. The summed E-state index contributed by atoms with van der Waals surface area (Å²) in [5.41, 5.74) is 5.51. The van der Waals surface area contributed by atoms with Gasteiger partial charge in [0.2, 0.25) is 0 Å². The Morgan fingerprint density at radius 1 is 0.818 bits per heavy atom. The third kappa shape index (κ3) is 3.04. The third-order valence-corrected chi connectivity index (χ3v) is 4.43. The van der Waals surface area contributed by atoms with Crippen molar-refractivity contribution in [2.75, 3.05) is 0 Å². The largest absolute Gasteiger partial charge is 0.457 e. The first-order valence-corrected chi connectivity index (χ1v) is 8.59. The fraction of sp³-hybridized carbons (Fsp3) is 0.381. The van der Waals surface area contributed by atoms with Crippen molar-refractivity contribution in [3.05, 3.63) is 65.1 Å². The van der Waals surface area contributed by atoms with Crippen molar-refractivity contribution in [3.63, 3.8) is 0 Å². The molecule has 0 amide bonds. The summed E-state index contributed by atoms with van der Waals surface area (Å²) >= 11 is 0. The average molecular weight is 293 g/mol. The first kappa shape index (κ1) is 15.1. The van der Waals surface area contributed by atoms with E-state index >= 15 is 0 Å². The maximum Gasteiger partial charge on any atom is 0.131 e. The molecule has 3 rings (SSSR count). The van der Waals surface area contributed by atoms with E-state index in [1.165, 1.54) is 54.4 Å². The predicted octanol–water partition coefficient (Wildman–Crippen LogP) is 6.08. The molecule has 1 heterocycles. The third-order valence-electron chi connectivity index (χ3n) is 4.43. The Kier molecular flexibility index (Phi) is 4.82. The zero-order valence-corrected chi connectivity index (χ0v) is 13.7. The molecule has 0 saturated carbocycles. The van der Waals surface area contributed by atoms with Crippen molar-refractivity contribution >= 4 is 0 Å². The van der Waals surface area contributed by atoms with Crippen LogP contribution in [0.1, 0.15) is 61.8 Å². The highest BCUT2D eigenvalue weighted by molar-refractivity contribution is 5.60. The van der Waals surface area contributed by atoms with Gasteiger partial charge in [-0.05, 0) is 48.9 Å². The van der Waals surface area contributed by atoms with Gasteiger partial charge in [0.25, 0.3) is 0 Å². The van der Waals surface area contributed by atoms with Crippen LogP contribution in [-0.4, -0.2) is 0 Å². The molecule has 115 valence electrons. The number of hydrogen-bond acceptors (Lipinski definition) is 1. The molecule has 0 aromatic heterocycles. The van der Waals surface area contributed by atoms with Gasteiger partial charge in [0, 0.05) is 17.5 Å². The summed E-state index contributed by atoms with van der Waals surface area (Å²) < 4.78 is 6.13. The van der Waals surface area contributed by atoms with Crippen LogP contribution >= 0.6 is 0 Å². The lowest BCUT2D eigenvalue weighted by molar-refractivity contribution is 0.467. The number of unbranched alkanes of at least 4 members (excludes halogenated alkanes) is 2. The molecular formula is C21H25O. The molecule has 2 aromatic carbocycles. The minimum atomic E-state index is 0.970. The SMILES string of the molecule is CCCCc1ccc2c(c1CCCC)[CH]c1ccccc1O2. The van der Waals surface area contributed by atoms with E-state index in [0.717, 1.165) is 17.9 Å². The Morgan fingerprint density at radius 2 is 1.59 bits per heavy atom. The van der Waals surface area contributed by atoms with Crippen LogP contribution in [0, 0.1) is 6.42 Å². The van der Waals surface area contributed by atoms with Gasteiger partial charge in [0.1, 0.15) is 11.5 Å². The van der Waals surface area contributed by atoms with Crippen molar-refractivity contribution in [2.45, 2.75) is 52.4 Å². The van der Waals surface area contributed by atoms with Gasteiger partial charge in [0.15, 0.2) is 0 Å². The normalized spacial score (nSPS) is 12.5. The number of para-hydroxylation sites is 1. The zero-order chi connectivity index (χ0) is 15.4. The molecule has 0 unspecified atom stereocenters. The second kappa shape index (κ2) is 7.00. The lowest BCUT2D eigenvalue weighted by atomic mass is 9.88. The van der Waals surface area contributed by atoms with Gasteiger partial charge in [0.05, 0.1) is 0 Å². The van der Waals surface area contributed by atoms with E-state index in [0.29, 0.717) is 0 Å². The van der Waals surface area contributed by atoms with E-state index in [-0.39, 0.29) is 0 Å². The summed E-state index contributed by atoms with van der Waals surface area (Å²) in [6, 6.07) is 12.7. The van der Waals surface area contributed by atoms with Crippen LogP contribution in [-0.2, 0) is 12.8 Å². The van der Waals surface area contributed by atoms with Crippen LogP contribution in [0.2, 0.25) is 0 Å². The van der Waals surface area contributed by atoms with Crippen LogP contribution in [0.3, 0.4) is 0 Å². The van der Waals surface area contributed by atoms with E-state index in [9.17, 15) is 0 Å². The zero-order valence-electron chi connectivity index (χ0n) is 13.7. The minimum Gasteiger partial charge on any atom is -0.457 e. The maximum absolute atomic E-state index is 6.13. The van der Waals surface area contributed by atoms with Gasteiger partial charge in [-0.1, -0.05) is 51.0 Å². The summed E-state index contributed by atoms with van der Waals surface area (Å²) in [7, 11) is 0. The highest BCUT2D eigenvalue weighted by Gasteiger charge is 2.21. The lowest BCUT2D eigenvalue weighted by Crippen LogP contribution is -2.07. The van der Waals surface area contributed by atoms with E-state index < -0.39 is 0 Å². The van der Waals surface area contributed by atoms with Crippen LogP contribution in [0.25, 0.3) is 0 Å². The number of benzene rings is 2. The molecule has 0 bridgehead atoms. The van der Waals surface area contributed by atoms with Gasteiger partial charge < -0.3 is 4.74 Å². The van der Waals surface area contributed by atoms with Gasteiger partial charge >= 0.3 is 0 Å². The van der Waals surface area contributed by atoms with Gasteiger partial charge in [-0.2, -0.15) is 0 Å². The van der Waals surface area contributed by atoms with Crippen molar-refractivity contribution in [1.29, 1.82) is 0 Å². The van der Waals surface area contributed by atoms with Gasteiger partial charge in [-0.3, -0.25) is 0 Å². The molecule has 0 fully saturated rings. The average Bonchev–Trinajstić information content (AvgIpc) is 2.56. The number of fused-ring (bicyclic) bond motifs is 2.